The van der Waals surface area contributed by atoms with Gasteiger partial charge in [0, 0.05) is 0 Å². The third-order valence-electron chi connectivity index (χ3n) is 5.12. The van der Waals surface area contributed by atoms with Crippen LogP contribution < -0.4 is 0 Å². The zero-order valence-electron chi connectivity index (χ0n) is 31.9. The molecule has 0 atom stereocenters. The lowest BCUT2D eigenvalue weighted by Crippen LogP contribution is -2.38. The van der Waals surface area contributed by atoms with E-state index in [2.05, 4.69) is 0 Å². The van der Waals surface area contributed by atoms with Crippen LogP contribution in [-0.4, -0.2) is 69.4 Å². The maximum Gasteiger partial charge on any atom is 0.340 e. The lowest BCUT2D eigenvalue weighted by Gasteiger charge is -2.30. The SMILES string of the molecule is CC(C)(C)OC(=O)c1c(C(=O)OC(C)(C)C)c(C(=O)OC(C)(C)C)c(C(=O)OC(C)(C)C)c(C(=O)OC(C)(C)C)c1C(=O)OC(C)(C)C. The van der Waals surface area contributed by atoms with Crippen molar-refractivity contribution in [2.75, 3.05) is 0 Å². The Morgan fingerprint density at radius 1 is 0.250 bits per heavy atom. The van der Waals surface area contributed by atoms with E-state index in [0.717, 1.165) is 0 Å². The number of rotatable bonds is 6. The molecule has 0 unspecified atom stereocenters. The quantitative estimate of drug-likeness (QED) is 0.217. The summed E-state index contributed by atoms with van der Waals surface area (Å²) >= 11 is 0. The topological polar surface area (TPSA) is 158 Å². The highest BCUT2D eigenvalue weighted by molar-refractivity contribution is 6.24. The van der Waals surface area contributed by atoms with E-state index in [1.54, 1.807) is 0 Å². The highest BCUT2D eigenvalue weighted by atomic mass is 16.6. The molecular weight excluding hydrogens is 624 g/mol. The Kier molecular flexibility index (Phi) is 12.2. The Balaban J connectivity index is 5.02. The predicted molar refractivity (Wildman–Crippen MR) is 177 cm³/mol. The molecule has 0 N–H and O–H groups in total. The fourth-order valence-corrected chi connectivity index (χ4v) is 3.95. The summed E-state index contributed by atoms with van der Waals surface area (Å²) in [5.41, 5.74) is -12.4. The molecule has 1 rings (SSSR count). The van der Waals surface area contributed by atoms with Crippen LogP contribution in [0, 0.1) is 0 Å². The van der Waals surface area contributed by atoms with Gasteiger partial charge in [0.1, 0.15) is 33.6 Å². The maximum atomic E-state index is 14.2. The third kappa shape index (κ3) is 12.9. The molecule has 0 radical (unpaired) electrons. The fourth-order valence-electron chi connectivity index (χ4n) is 3.95. The first-order valence-electron chi connectivity index (χ1n) is 15.7. The number of carbonyl (C=O) groups excluding carboxylic acids is 6. The van der Waals surface area contributed by atoms with Crippen LogP contribution >= 0.6 is 0 Å². The molecule has 12 heteroatoms. The number of benzene rings is 1. The molecule has 1 aromatic carbocycles. The van der Waals surface area contributed by atoms with Crippen molar-refractivity contribution in [1.82, 2.24) is 0 Å². The number of hydrogen-bond donors (Lipinski definition) is 0. The van der Waals surface area contributed by atoms with Gasteiger partial charge in [-0.2, -0.15) is 0 Å². The Hall–Kier alpha value is -3.96. The van der Waals surface area contributed by atoms with Gasteiger partial charge in [-0.15, -0.1) is 0 Å². The van der Waals surface area contributed by atoms with Crippen LogP contribution in [0.5, 0.6) is 0 Å². The van der Waals surface area contributed by atoms with E-state index in [-0.39, 0.29) is 0 Å². The molecule has 1 aromatic rings. The van der Waals surface area contributed by atoms with Crippen LogP contribution in [0.4, 0.5) is 0 Å². The first-order chi connectivity index (χ1) is 21.0. The molecule has 12 nitrogen and oxygen atoms in total. The predicted octanol–water partition coefficient (Wildman–Crippen LogP) is 7.42. The van der Waals surface area contributed by atoms with E-state index in [1.807, 2.05) is 0 Å². The van der Waals surface area contributed by atoms with Gasteiger partial charge < -0.3 is 28.4 Å². The summed E-state index contributed by atoms with van der Waals surface area (Å²) in [6, 6.07) is 0. The second-order valence-electron chi connectivity index (χ2n) is 17.3. The summed E-state index contributed by atoms with van der Waals surface area (Å²) < 4.78 is 33.9. The number of ether oxygens (including phenoxy) is 6. The van der Waals surface area contributed by atoms with Crippen molar-refractivity contribution in [1.29, 1.82) is 0 Å². The summed E-state index contributed by atoms with van der Waals surface area (Å²) in [7, 11) is 0. The van der Waals surface area contributed by atoms with Crippen molar-refractivity contribution in [3.05, 3.63) is 33.4 Å². The molecule has 0 aliphatic rings. The molecule has 0 aromatic heterocycles. The minimum Gasteiger partial charge on any atom is -0.456 e. The van der Waals surface area contributed by atoms with Gasteiger partial charge in [-0.05, 0) is 125 Å². The first kappa shape index (κ1) is 42.1. The Labute approximate surface area is 284 Å². The molecule has 0 saturated heterocycles. The van der Waals surface area contributed by atoms with E-state index in [1.165, 1.54) is 125 Å². The van der Waals surface area contributed by atoms with Crippen LogP contribution in [0.25, 0.3) is 0 Å². The van der Waals surface area contributed by atoms with Crippen LogP contribution in [-0.2, 0) is 28.4 Å². The Morgan fingerprint density at radius 3 is 0.396 bits per heavy atom. The van der Waals surface area contributed by atoms with E-state index < -0.39 is 103 Å². The highest BCUT2D eigenvalue weighted by Gasteiger charge is 2.46. The van der Waals surface area contributed by atoms with E-state index >= 15 is 0 Å². The third-order valence-corrected chi connectivity index (χ3v) is 5.12. The summed E-state index contributed by atoms with van der Waals surface area (Å²) in [6.07, 6.45) is 0. The number of hydrogen-bond acceptors (Lipinski definition) is 12. The zero-order valence-corrected chi connectivity index (χ0v) is 31.9. The second-order valence-corrected chi connectivity index (χ2v) is 17.3. The largest absolute Gasteiger partial charge is 0.456 e. The molecule has 0 amide bonds. The van der Waals surface area contributed by atoms with Gasteiger partial charge >= 0.3 is 35.8 Å². The van der Waals surface area contributed by atoms with Crippen molar-refractivity contribution >= 4 is 35.8 Å². The molecule has 0 spiro atoms. The molecule has 0 aliphatic carbocycles. The first-order valence-corrected chi connectivity index (χ1v) is 15.7. The van der Waals surface area contributed by atoms with Crippen molar-refractivity contribution in [3.63, 3.8) is 0 Å². The van der Waals surface area contributed by atoms with E-state index in [4.69, 9.17) is 28.4 Å². The average molecular weight is 679 g/mol. The van der Waals surface area contributed by atoms with Crippen molar-refractivity contribution < 1.29 is 57.2 Å². The van der Waals surface area contributed by atoms with Gasteiger partial charge in [0.25, 0.3) is 0 Å². The smallest absolute Gasteiger partial charge is 0.340 e. The van der Waals surface area contributed by atoms with Gasteiger partial charge in [-0.1, -0.05) is 0 Å². The van der Waals surface area contributed by atoms with Gasteiger partial charge in [-0.25, -0.2) is 28.8 Å². The molecule has 0 fully saturated rings. The fraction of sp³-hybridized carbons (Fsp3) is 0.667. The van der Waals surface area contributed by atoms with Crippen LogP contribution in [0.1, 0.15) is 187 Å². The molecule has 48 heavy (non-hydrogen) atoms. The summed E-state index contributed by atoms with van der Waals surface area (Å²) in [6.45, 7) is 27.6. The highest BCUT2D eigenvalue weighted by Crippen LogP contribution is 2.37. The van der Waals surface area contributed by atoms with Gasteiger partial charge in [0.2, 0.25) is 0 Å². The Bertz CT molecular complexity index is 1150. The average Bonchev–Trinajstić information content (AvgIpc) is 2.75. The van der Waals surface area contributed by atoms with Gasteiger partial charge in [0.05, 0.1) is 33.4 Å². The van der Waals surface area contributed by atoms with Crippen LogP contribution in [0.3, 0.4) is 0 Å². The molecule has 0 bridgehead atoms. The molecule has 0 heterocycles. The second kappa shape index (κ2) is 13.9. The normalized spacial score (nSPS) is 12.9. The van der Waals surface area contributed by atoms with Crippen LogP contribution in [0.15, 0.2) is 0 Å². The maximum absolute atomic E-state index is 14.2. The summed E-state index contributed by atoms with van der Waals surface area (Å²) in [5.74, 6) is -7.78. The Morgan fingerprint density at radius 2 is 0.333 bits per heavy atom. The molecule has 0 saturated carbocycles. The van der Waals surface area contributed by atoms with E-state index in [0.29, 0.717) is 0 Å². The van der Waals surface area contributed by atoms with Crippen molar-refractivity contribution in [2.24, 2.45) is 0 Å². The minimum absolute atomic E-state index is 0.859. The van der Waals surface area contributed by atoms with Crippen LogP contribution in [0.2, 0.25) is 0 Å². The van der Waals surface area contributed by atoms with Crippen molar-refractivity contribution in [3.8, 4) is 0 Å². The lowest BCUT2D eigenvalue weighted by atomic mass is 9.85. The molecule has 270 valence electrons. The number of esters is 6. The van der Waals surface area contributed by atoms with E-state index in [9.17, 15) is 28.8 Å². The minimum atomic E-state index is -1.30. The standard InChI is InChI=1S/C36H54O12/c1-31(2,3)43-25(37)19-20(26(38)44-32(4,5)6)22(28(40)46-34(10,11)12)24(30(42)48-36(16,17)18)23(29(41)47-35(13,14)15)21(19)27(39)45-33(7,8)9/h1-18H3. The van der Waals surface area contributed by atoms with Gasteiger partial charge in [0.15, 0.2) is 0 Å². The number of carbonyl (C=O) groups is 6. The zero-order chi connectivity index (χ0) is 38.2. The molecular formula is C36H54O12. The monoisotopic (exact) mass is 678 g/mol. The molecule has 0 aliphatic heterocycles. The lowest BCUT2D eigenvalue weighted by molar-refractivity contribution is -0.00459. The van der Waals surface area contributed by atoms with Gasteiger partial charge in [-0.3, -0.25) is 0 Å². The summed E-state index contributed by atoms with van der Waals surface area (Å²) in [4.78, 5) is 85.3. The van der Waals surface area contributed by atoms with Crippen molar-refractivity contribution in [2.45, 2.75) is 158 Å². The summed E-state index contributed by atoms with van der Waals surface area (Å²) in [5, 5.41) is 0.